The highest BCUT2D eigenvalue weighted by atomic mass is 32.3. The Kier molecular flexibility index (Phi) is 4.41. The number of hydrogen-bond acceptors (Lipinski definition) is 4. The molecule has 5 nitrogen and oxygen atoms in total. The second kappa shape index (κ2) is 5.66. The van der Waals surface area contributed by atoms with Gasteiger partial charge in [0.2, 0.25) is 10.0 Å². The molecule has 1 aromatic rings. The lowest BCUT2D eigenvalue weighted by Gasteiger charge is -2.34. The summed E-state index contributed by atoms with van der Waals surface area (Å²) in [5.41, 5.74) is -0.540. The summed E-state index contributed by atoms with van der Waals surface area (Å²) in [6.07, 6.45) is 4.42. The Morgan fingerprint density at radius 2 is 1.62 bits per heavy atom. The van der Waals surface area contributed by atoms with E-state index < -0.39 is 30.7 Å². The Bertz CT molecular complexity index is 722. The van der Waals surface area contributed by atoms with Gasteiger partial charge in [0, 0.05) is 5.54 Å². The largest absolute Gasteiger partial charge is 0.332 e. The van der Waals surface area contributed by atoms with Crippen LogP contribution in [0.2, 0.25) is 0 Å². The number of halogens is 1. The monoisotopic (exact) mass is 335 g/mol. The summed E-state index contributed by atoms with van der Waals surface area (Å²) in [5.74, 6) is 0. The van der Waals surface area contributed by atoms with Gasteiger partial charge >= 0.3 is 10.2 Å². The normalized spacial score (nSPS) is 19.3. The number of rotatable bonds is 4. The molecule has 21 heavy (non-hydrogen) atoms. The van der Waals surface area contributed by atoms with E-state index in [-0.39, 0.29) is 4.90 Å². The lowest BCUT2D eigenvalue weighted by molar-refractivity contribution is 0.294. The van der Waals surface area contributed by atoms with E-state index in [1.54, 1.807) is 0 Å². The van der Waals surface area contributed by atoms with E-state index in [1.165, 1.54) is 12.1 Å². The third kappa shape index (κ3) is 4.02. The van der Waals surface area contributed by atoms with Gasteiger partial charge in [-0.25, -0.2) is 13.1 Å². The van der Waals surface area contributed by atoms with Gasteiger partial charge in [-0.2, -0.15) is 8.42 Å². The van der Waals surface area contributed by atoms with Crippen LogP contribution in [0.5, 0.6) is 0 Å². The van der Waals surface area contributed by atoms with Crippen LogP contribution in [0, 0.1) is 0 Å². The summed E-state index contributed by atoms with van der Waals surface area (Å²) in [4.78, 5) is -0.896. The highest BCUT2D eigenvalue weighted by Crippen LogP contribution is 2.29. The first-order valence-corrected chi connectivity index (χ1v) is 9.58. The van der Waals surface area contributed by atoms with Crippen molar-refractivity contribution in [3.8, 4) is 0 Å². The first-order chi connectivity index (χ1) is 9.62. The fourth-order valence-electron chi connectivity index (χ4n) is 2.61. The molecule has 0 saturated heterocycles. The first-order valence-electron chi connectivity index (χ1n) is 6.71. The van der Waals surface area contributed by atoms with E-state index in [4.69, 9.17) is 0 Å². The molecule has 8 heteroatoms. The van der Waals surface area contributed by atoms with Gasteiger partial charge in [0.1, 0.15) is 0 Å². The van der Waals surface area contributed by atoms with E-state index in [0.717, 1.165) is 44.2 Å². The van der Waals surface area contributed by atoms with Crippen molar-refractivity contribution >= 4 is 20.2 Å². The van der Waals surface area contributed by atoms with Gasteiger partial charge < -0.3 is 0 Å². The average molecular weight is 335 g/mol. The Balaban J connectivity index is 2.32. The van der Waals surface area contributed by atoms with Crippen molar-refractivity contribution in [1.82, 2.24) is 4.72 Å². The maximum absolute atomic E-state index is 13.0. The highest BCUT2D eigenvalue weighted by molar-refractivity contribution is 7.89. The zero-order valence-corrected chi connectivity index (χ0v) is 13.3. The molecule has 2 rings (SSSR count). The van der Waals surface area contributed by atoms with Gasteiger partial charge in [-0.3, -0.25) is 0 Å². The second-order valence-corrected chi connectivity index (χ2v) is 8.67. The van der Waals surface area contributed by atoms with E-state index >= 15 is 0 Å². The van der Waals surface area contributed by atoms with Crippen LogP contribution in [-0.2, 0) is 20.2 Å². The van der Waals surface area contributed by atoms with Crippen molar-refractivity contribution in [3.63, 3.8) is 0 Å². The molecule has 0 unspecified atom stereocenters. The van der Waals surface area contributed by atoms with Crippen molar-refractivity contribution < 1.29 is 20.7 Å². The van der Waals surface area contributed by atoms with Gasteiger partial charge in [-0.15, -0.1) is 3.89 Å². The minimum Gasteiger partial charge on any atom is -0.207 e. The Morgan fingerprint density at radius 1 is 1.05 bits per heavy atom. The van der Waals surface area contributed by atoms with Crippen molar-refractivity contribution in [2.24, 2.45) is 0 Å². The van der Waals surface area contributed by atoms with Gasteiger partial charge in [0.15, 0.2) is 0 Å². The average Bonchev–Trinajstić information content (AvgIpc) is 2.37. The number of sulfonamides is 1. The summed E-state index contributed by atoms with van der Waals surface area (Å²) in [6, 6.07) is 4.33. The molecular weight excluding hydrogens is 317 g/mol. The molecule has 0 bridgehead atoms. The van der Waals surface area contributed by atoms with Crippen molar-refractivity contribution in [2.75, 3.05) is 0 Å². The van der Waals surface area contributed by atoms with Gasteiger partial charge in [-0.05, 0) is 38.0 Å². The van der Waals surface area contributed by atoms with Crippen LogP contribution in [0.4, 0.5) is 3.89 Å². The van der Waals surface area contributed by atoms with Crippen LogP contribution >= 0.6 is 0 Å². The van der Waals surface area contributed by atoms with Crippen molar-refractivity contribution in [3.05, 3.63) is 24.3 Å². The fraction of sp³-hybridized carbons (Fsp3) is 0.538. The zero-order chi connectivity index (χ0) is 15.7. The van der Waals surface area contributed by atoms with Crippen LogP contribution in [-0.4, -0.2) is 22.4 Å². The van der Waals surface area contributed by atoms with Crippen LogP contribution < -0.4 is 4.72 Å². The molecule has 1 aromatic carbocycles. The molecular formula is C13H18FNO4S2. The molecule has 1 aliphatic rings. The molecule has 0 amide bonds. The molecule has 0 radical (unpaired) electrons. The van der Waals surface area contributed by atoms with E-state index in [2.05, 4.69) is 4.72 Å². The SMILES string of the molecule is CC1(NS(=O)(=O)c2cccc(S(=O)(=O)F)c2)CCCCC1. The molecule has 1 saturated carbocycles. The summed E-state index contributed by atoms with van der Waals surface area (Å²) < 4.78 is 62.1. The molecule has 118 valence electrons. The van der Waals surface area contributed by atoms with Gasteiger partial charge in [0.25, 0.3) is 0 Å². The number of nitrogens with one attached hydrogen (secondary N) is 1. The van der Waals surface area contributed by atoms with Crippen molar-refractivity contribution in [2.45, 2.75) is 54.4 Å². The van der Waals surface area contributed by atoms with Crippen LogP contribution in [0.15, 0.2) is 34.1 Å². The first kappa shape index (κ1) is 16.4. The molecule has 0 aliphatic heterocycles. The Morgan fingerprint density at radius 3 is 2.19 bits per heavy atom. The number of hydrogen-bond donors (Lipinski definition) is 1. The third-order valence-electron chi connectivity index (χ3n) is 3.74. The maximum Gasteiger partial charge on any atom is 0.332 e. The smallest absolute Gasteiger partial charge is 0.207 e. The minimum absolute atomic E-state index is 0.243. The van der Waals surface area contributed by atoms with Crippen LogP contribution in [0.25, 0.3) is 0 Å². The maximum atomic E-state index is 13.0. The predicted octanol–water partition coefficient (Wildman–Crippen LogP) is 2.35. The Hall–Kier alpha value is -0.990. The molecule has 0 heterocycles. The van der Waals surface area contributed by atoms with Crippen LogP contribution in [0.1, 0.15) is 39.0 Å². The molecule has 0 atom stereocenters. The second-order valence-electron chi connectivity index (χ2n) is 5.64. The lowest BCUT2D eigenvalue weighted by Crippen LogP contribution is -2.47. The molecule has 1 aliphatic carbocycles. The molecule has 0 spiro atoms. The summed E-state index contributed by atoms with van der Waals surface area (Å²) in [7, 11) is -8.81. The third-order valence-corrected chi connectivity index (χ3v) is 6.19. The van der Waals surface area contributed by atoms with Crippen LogP contribution in [0.3, 0.4) is 0 Å². The Labute approximate surface area is 124 Å². The zero-order valence-electron chi connectivity index (χ0n) is 11.7. The van der Waals surface area contributed by atoms with Gasteiger partial charge in [0.05, 0.1) is 9.79 Å². The fourth-order valence-corrected chi connectivity index (χ4v) is 4.70. The molecule has 1 fully saturated rings. The summed E-state index contributed by atoms with van der Waals surface area (Å²) in [6.45, 7) is 1.83. The summed E-state index contributed by atoms with van der Waals surface area (Å²) in [5, 5.41) is 0. The van der Waals surface area contributed by atoms with Gasteiger partial charge in [-0.1, -0.05) is 25.3 Å². The predicted molar refractivity (Wildman–Crippen MR) is 76.5 cm³/mol. The molecule has 1 N–H and O–H groups in total. The van der Waals surface area contributed by atoms with E-state index in [1.807, 2.05) is 6.92 Å². The standard InChI is InChI=1S/C13H18FNO4S2/c1-13(8-3-2-4-9-13)15-21(18,19)12-7-5-6-11(10-12)20(14,16)17/h5-7,10,15H,2-4,8-9H2,1H3. The number of benzene rings is 1. The minimum atomic E-state index is -4.93. The quantitative estimate of drug-likeness (QED) is 0.857. The topological polar surface area (TPSA) is 80.3 Å². The molecule has 0 aromatic heterocycles. The summed E-state index contributed by atoms with van der Waals surface area (Å²) >= 11 is 0. The van der Waals surface area contributed by atoms with E-state index in [0.29, 0.717) is 0 Å². The van der Waals surface area contributed by atoms with E-state index in [9.17, 15) is 20.7 Å². The lowest BCUT2D eigenvalue weighted by atomic mass is 9.84. The van der Waals surface area contributed by atoms with Crippen molar-refractivity contribution in [1.29, 1.82) is 0 Å². The highest BCUT2D eigenvalue weighted by Gasteiger charge is 2.32.